The Morgan fingerprint density at radius 1 is 1.21 bits per heavy atom. The van der Waals surface area contributed by atoms with Crippen LogP contribution in [0.15, 0.2) is 40.8 Å². The lowest BCUT2D eigenvalue weighted by molar-refractivity contribution is 0.199. The zero-order chi connectivity index (χ0) is 13.2. The van der Waals surface area contributed by atoms with E-state index in [4.69, 9.17) is 4.42 Å². The Morgan fingerprint density at radius 3 is 2.58 bits per heavy atom. The molecule has 19 heavy (non-hydrogen) atoms. The number of hydrogen-bond donors (Lipinski definition) is 2. The van der Waals surface area contributed by atoms with Gasteiger partial charge in [-0.25, -0.2) is 0 Å². The van der Waals surface area contributed by atoms with Gasteiger partial charge in [-0.2, -0.15) is 0 Å². The maximum Gasteiger partial charge on any atom is 0.134 e. The fraction of sp³-hybridized carbons (Fsp3) is 0.375. The summed E-state index contributed by atoms with van der Waals surface area (Å²) >= 11 is 0. The molecule has 1 heterocycles. The molecule has 2 aromatic rings. The van der Waals surface area contributed by atoms with Gasteiger partial charge in [0.05, 0.1) is 12.6 Å². The van der Waals surface area contributed by atoms with E-state index in [1.807, 2.05) is 36.4 Å². The molecule has 0 radical (unpaired) electrons. The van der Waals surface area contributed by atoms with Crippen molar-refractivity contribution >= 4 is 0 Å². The van der Waals surface area contributed by atoms with Crippen LogP contribution in [-0.2, 0) is 6.54 Å². The highest BCUT2D eigenvalue weighted by molar-refractivity contribution is 5.58. The van der Waals surface area contributed by atoms with E-state index >= 15 is 0 Å². The molecule has 2 N–H and O–H groups in total. The minimum atomic E-state index is -0.427. The van der Waals surface area contributed by atoms with Gasteiger partial charge in [0, 0.05) is 11.6 Å². The maximum absolute atomic E-state index is 9.49. The van der Waals surface area contributed by atoms with Crippen molar-refractivity contribution in [2.24, 2.45) is 0 Å². The van der Waals surface area contributed by atoms with E-state index in [9.17, 15) is 5.11 Å². The number of rotatable bonds is 5. The Labute approximate surface area is 113 Å². The molecule has 3 heteroatoms. The Bertz CT molecular complexity index is 538. The van der Waals surface area contributed by atoms with Crippen molar-refractivity contribution in [3.8, 4) is 11.3 Å². The molecule has 3 rings (SSSR count). The molecule has 1 aromatic heterocycles. The monoisotopic (exact) mass is 257 g/mol. The summed E-state index contributed by atoms with van der Waals surface area (Å²) in [5.74, 6) is 1.85. The second-order valence-corrected chi connectivity index (χ2v) is 5.22. The highest BCUT2D eigenvalue weighted by Crippen LogP contribution is 2.25. The highest BCUT2D eigenvalue weighted by atomic mass is 16.3. The zero-order valence-corrected chi connectivity index (χ0v) is 11.1. The van der Waals surface area contributed by atoms with Gasteiger partial charge < -0.3 is 14.8 Å². The molecule has 3 nitrogen and oxygen atoms in total. The largest absolute Gasteiger partial charge is 0.460 e. The molecule has 0 amide bonds. The summed E-state index contributed by atoms with van der Waals surface area (Å²) in [6.07, 6.45) is 2.15. The second-order valence-electron chi connectivity index (χ2n) is 5.22. The zero-order valence-electron chi connectivity index (χ0n) is 11.1. The first-order valence-corrected chi connectivity index (χ1v) is 6.83. The fourth-order valence-corrected chi connectivity index (χ4v) is 2.09. The third-order valence-corrected chi connectivity index (χ3v) is 3.48. The second kappa shape index (κ2) is 5.19. The van der Waals surface area contributed by atoms with E-state index in [1.54, 1.807) is 6.92 Å². The number of furan rings is 1. The molecule has 1 saturated carbocycles. The van der Waals surface area contributed by atoms with Crippen molar-refractivity contribution in [3.05, 3.63) is 47.7 Å². The predicted octanol–water partition coefficient (Wildman–Crippen LogP) is 3.25. The van der Waals surface area contributed by atoms with Crippen LogP contribution in [0.2, 0.25) is 0 Å². The van der Waals surface area contributed by atoms with Crippen LogP contribution < -0.4 is 5.32 Å². The van der Waals surface area contributed by atoms with E-state index < -0.39 is 6.10 Å². The Balaban J connectivity index is 1.70. The van der Waals surface area contributed by atoms with Crippen molar-refractivity contribution in [1.29, 1.82) is 0 Å². The normalized spacial score (nSPS) is 16.5. The lowest BCUT2D eigenvalue weighted by Gasteiger charge is -2.05. The van der Waals surface area contributed by atoms with E-state index in [0.29, 0.717) is 6.04 Å². The van der Waals surface area contributed by atoms with Crippen LogP contribution in [0.3, 0.4) is 0 Å². The van der Waals surface area contributed by atoms with Gasteiger partial charge in [-0.1, -0.05) is 24.3 Å². The number of benzene rings is 1. The first kappa shape index (κ1) is 12.5. The van der Waals surface area contributed by atoms with Gasteiger partial charge >= 0.3 is 0 Å². The number of aliphatic hydroxyl groups excluding tert-OH is 1. The van der Waals surface area contributed by atoms with Gasteiger partial charge in [0.1, 0.15) is 11.5 Å². The van der Waals surface area contributed by atoms with Gasteiger partial charge in [-0.3, -0.25) is 0 Å². The highest BCUT2D eigenvalue weighted by Gasteiger charge is 2.20. The van der Waals surface area contributed by atoms with E-state index in [1.165, 1.54) is 12.8 Å². The summed E-state index contributed by atoms with van der Waals surface area (Å²) in [4.78, 5) is 0. The quantitative estimate of drug-likeness (QED) is 0.864. The summed E-state index contributed by atoms with van der Waals surface area (Å²) in [6.45, 7) is 2.57. The van der Waals surface area contributed by atoms with Crippen molar-refractivity contribution in [2.75, 3.05) is 0 Å². The standard InChI is InChI=1S/C16H19NO2/c1-11(18)12-2-4-13(5-3-12)16-9-8-15(19-16)10-17-14-6-7-14/h2-5,8-9,11,14,17-18H,6-7,10H2,1H3. The molecule has 100 valence electrons. The van der Waals surface area contributed by atoms with Crippen LogP contribution in [0.5, 0.6) is 0 Å². The van der Waals surface area contributed by atoms with Crippen LogP contribution in [0.4, 0.5) is 0 Å². The molecule has 0 saturated heterocycles. The third kappa shape index (κ3) is 3.06. The molecule has 0 spiro atoms. The summed E-state index contributed by atoms with van der Waals surface area (Å²) < 4.78 is 5.82. The van der Waals surface area contributed by atoms with Gasteiger partial charge in [0.15, 0.2) is 0 Å². The molecule has 1 unspecified atom stereocenters. The molecular formula is C16H19NO2. The average Bonchev–Trinajstić information content (AvgIpc) is 3.13. The summed E-state index contributed by atoms with van der Waals surface area (Å²) in [5, 5.41) is 12.9. The molecule has 0 aliphatic heterocycles. The number of nitrogens with one attached hydrogen (secondary N) is 1. The van der Waals surface area contributed by atoms with Gasteiger partial charge in [0.25, 0.3) is 0 Å². The molecular weight excluding hydrogens is 238 g/mol. The predicted molar refractivity (Wildman–Crippen MR) is 74.6 cm³/mol. The Morgan fingerprint density at radius 2 is 1.95 bits per heavy atom. The third-order valence-electron chi connectivity index (χ3n) is 3.48. The van der Waals surface area contributed by atoms with Crippen molar-refractivity contribution in [2.45, 2.75) is 38.5 Å². The smallest absolute Gasteiger partial charge is 0.134 e. The van der Waals surface area contributed by atoms with E-state index in [-0.39, 0.29) is 0 Å². The maximum atomic E-state index is 9.49. The van der Waals surface area contributed by atoms with Crippen molar-refractivity contribution < 1.29 is 9.52 Å². The lowest BCUT2D eigenvalue weighted by Crippen LogP contribution is -2.14. The Kier molecular flexibility index (Phi) is 3.40. The van der Waals surface area contributed by atoms with Crippen LogP contribution >= 0.6 is 0 Å². The fourth-order valence-electron chi connectivity index (χ4n) is 2.09. The summed E-state index contributed by atoms with van der Waals surface area (Å²) in [5.41, 5.74) is 1.97. The summed E-state index contributed by atoms with van der Waals surface area (Å²) in [7, 11) is 0. The van der Waals surface area contributed by atoms with Crippen LogP contribution in [0, 0.1) is 0 Å². The van der Waals surface area contributed by atoms with Crippen LogP contribution in [-0.4, -0.2) is 11.1 Å². The first-order valence-electron chi connectivity index (χ1n) is 6.83. The Hall–Kier alpha value is -1.58. The average molecular weight is 257 g/mol. The molecule has 1 aliphatic rings. The SMILES string of the molecule is CC(O)c1ccc(-c2ccc(CNC3CC3)o2)cc1. The van der Waals surface area contributed by atoms with Gasteiger partial charge in [-0.15, -0.1) is 0 Å². The lowest BCUT2D eigenvalue weighted by atomic mass is 10.1. The van der Waals surface area contributed by atoms with Gasteiger partial charge in [0.2, 0.25) is 0 Å². The minimum Gasteiger partial charge on any atom is -0.460 e. The molecule has 1 aliphatic carbocycles. The van der Waals surface area contributed by atoms with Crippen LogP contribution in [0.1, 0.15) is 37.2 Å². The number of aliphatic hydroxyl groups is 1. The molecule has 1 aromatic carbocycles. The van der Waals surface area contributed by atoms with E-state index in [0.717, 1.165) is 29.2 Å². The molecule has 1 fully saturated rings. The van der Waals surface area contributed by atoms with Crippen LogP contribution in [0.25, 0.3) is 11.3 Å². The molecule has 0 bridgehead atoms. The summed E-state index contributed by atoms with van der Waals surface area (Å²) in [6, 6.07) is 12.6. The minimum absolute atomic E-state index is 0.427. The van der Waals surface area contributed by atoms with E-state index in [2.05, 4.69) is 5.32 Å². The first-order chi connectivity index (χ1) is 9.22. The topological polar surface area (TPSA) is 45.4 Å². The van der Waals surface area contributed by atoms with Crippen molar-refractivity contribution in [3.63, 3.8) is 0 Å². The van der Waals surface area contributed by atoms with Gasteiger partial charge in [-0.05, 0) is 37.5 Å². The number of hydrogen-bond acceptors (Lipinski definition) is 3. The molecule has 1 atom stereocenters. The van der Waals surface area contributed by atoms with Crippen molar-refractivity contribution in [1.82, 2.24) is 5.32 Å².